The van der Waals surface area contributed by atoms with Gasteiger partial charge in [-0.25, -0.2) is 0 Å². The van der Waals surface area contributed by atoms with Crippen LogP contribution < -0.4 is 0 Å². The van der Waals surface area contributed by atoms with Crippen LogP contribution in [0.4, 0.5) is 0 Å². The Hall–Kier alpha value is -0.860. The molecule has 1 aromatic carbocycles. The van der Waals surface area contributed by atoms with Gasteiger partial charge in [-0.3, -0.25) is 4.90 Å². The Labute approximate surface area is 99.2 Å². The molecule has 90 valence electrons. The molecule has 2 nitrogen and oxygen atoms in total. The summed E-state index contributed by atoms with van der Waals surface area (Å²) in [4.78, 5) is 2.41. The van der Waals surface area contributed by atoms with E-state index in [9.17, 15) is 0 Å². The third-order valence-electron chi connectivity index (χ3n) is 2.80. The first-order valence-corrected chi connectivity index (χ1v) is 6.18. The molecule has 2 heteroatoms. The Morgan fingerprint density at radius 1 is 0.938 bits per heavy atom. The topological polar surface area (TPSA) is 12.5 Å². The van der Waals surface area contributed by atoms with Crippen molar-refractivity contribution in [3.63, 3.8) is 0 Å². The van der Waals surface area contributed by atoms with Crippen LogP contribution in [0.15, 0.2) is 24.3 Å². The van der Waals surface area contributed by atoms with Crippen LogP contribution in [-0.2, 0) is 17.9 Å². The van der Waals surface area contributed by atoms with Gasteiger partial charge in [0.15, 0.2) is 0 Å². The molecule has 16 heavy (non-hydrogen) atoms. The highest BCUT2D eigenvalue weighted by Crippen LogP contribution is 2.08. The maximum Gasteiger partial charge on any atom is 0.0716 e. The molecule has 0 bridgehead atoms. The summed E-state index contributed by atoms with van der Waals surface area (Å²) in [5, 5.41) is 0. The summed E-state index contributed by atoms with van der Waals surface area (Å²) in [6.07, 6.45) is 0. The van der Waals surface area contributed by atoms with E-state index < -0.39 is 0 Å². The molecule has 0 amide bonds. The van der Waals surface area contributed by atoms with Crippen LogP contribution in [0.3, 0.4) is 0 Å². The monoisotopic (exact) mass is 221 g/mol. The fourth-order valence-corrected chi connectivity index (χ4v) is 1.67. The van der Waals surface area contributed by atoms with Gasteiger partial charge in [-0.15, -0.1) is 0 Å². The molecule has 0 saturated heterocycles. The van der Waals surface area contributed by atoms with E-state index >= 15 is 0 Å². The molecule has 0 saturated carbocycles. The van der Waals surface area contributed by atoms with Crippen molar-refractivity contribution in [2.75, 3.05) is 19.7 Å². The average Bonchev–Trinajstić information content (AvgIpc) is 2.35. The lowest BCUT2D eigenvalue weighted by Gasteiger charge is -2.18. The Morgan fingerprint density at radius 2 is 1.50 bits per heavy atom. The molecule has 0 aliphatic rings. The SMILES string of the molecule is CCOCc1ccc(CN(CC)CC)cc1. The molecular weight excluding hydrogens is 198 g/mol. The van der Waals surface area contributed by atoms with Crippen LogP contribution in [0.5, 0.6) is 0 Å². The first-order chi connectivity index (χ1) is 7.80. The second-order valence-electron chi connectivity index (χ2n) is 3.92. The summed E-state index contributed by atoms with van der Waals surface area (Å²) >= 11 is 0. The van der Waals surface area contributed by atoms with E-state index in [1.54, 1.807) is 0 Å². The van der Waals surface area contributed by atoms with Crippen LogP contribution in [-0.4, -0.2) is 24.6 Å². The van der Waals surface area contributed by atoms with Gasteiger partial charge in [-0.2, -0.15) is 0 Å². The fourth-order valence-electron chi connectivity index (χ4n) is 1.67. The molecule has 0 radical (unpaired) electrons. The maximum absolute atomic E-state index is 5.37. The normalized spacial score (nSPS) is 11.0. The summed E-state index contributed by atoms with van der Waals surface area (Å²) in [5.41, 5.74) is 2.63. The minimum atomic E-state index is 0.724. The molecule has 0 aliphatic carbocycles. The standard InChI is InChI=1S/C14H23NO/c1-4-15(5-2)11-13-7-9-14(10-8-13)12-16-6-3/h7-10H,4-6,11-12H2,1-3H3. The fraction of sp³-hybridized carbons (Fsp3) is 0.571. The van der Waals surface area contributed by atoms with Crippen molar-refractivity contribution in [2.24, 2.45) is 0 Å². The molecular formula is C14H23NO. The van der Waals surface area contributed by atoms with Crippen molar-refractivity contribution in [3.05, 3.63) is 35.4 Å². The summed E-state index contributed by atoms with van der Waals surface area (Å²) in [6.45, 7) is 11.2. The van der Waals surface area contributed by atoms with Crippen molar-refractivity contribution >= 4 is 0 Å². The molecule has 0 fully saturated rings. The number of hydrogen-bond acceptors (Lipinski definition) is 2. The van der Waals surface area contributed by atoms with Gasteiger partial charge in [-0.05, 0) is 31.1 Å². The minimum Gasteiger partial charge on any atom is -0.377 e. The first-order valence-electron chi connectivity index (χ1n) is 6.18. The maximum atomic E-state index is 5.37. The van der Waals surface area contributed by atoms with Gasteiger partial charge in [0.25, 0.3) is 0 Å². The predicted molar refractivity (Wildman–Crippen MR) is 68.4 cm³/mol. The molecule has 0 aliphatic heterocycles. The third kappa shape index (κ3) is 4.33. The molecule has 1 aromatic rings. The highest BCUT2D eigenvalue weighted by molar-refractivity contribution is 5.21. The van der Waals surface area contributed by atoms with Crippen LogP contribution in [0.1, 0.15) is 31.9 Å². The Bertz CT molecular complexity index is 277. The minimum absolute atomic E-state index is 0.724. The lowest BCUT2D eigenvalue weighted by molar-refractivity contribution is 0.134. The molecule has 0 atom stereocenters. The van der Waals surface area contributed by atoms with Crippen molar-refractivity contribution in [1.29, 1.82) is 0 Å². The molecule has 0 aromatic heterocycles. The highest BCUT2D eigenvalue weighted by atomic mass is 16.5. The lowest BCUT2D eigenvalue weighted by Crippen LogP contribution is -2.22. The first kappa shape index (κ1) is 13.2. The molecule has 0 spiro atoms. The Kier molecular flexibility index (Phi) is 6.12. The predicted octanol–water partition coefficient (Wildman–Crippen LogP) is 3.06. The van der Waals surface area contributed by atoms with Crippen LogP contribution in [0, 0.1) is 0 Å². The summed E-state index contributed by atoms with van der Waals surface area (Å²) < 4.78 is 5.37. The van der Waals surface area contributed by atoms with Gasteiger partial charge in [-0.1, -0.05) is 38.1 Å². The molecule has 0 heterocycles. The number of hydrogen-bond donors (Lipinski definition) is 0. The van der Waals surface area contributed by atoms with Gasteiger partial charge >= 0.3 is 0 Å². The highest BCUT2D eigenvalue weighted by Gasteiger charge is 2.00. The number of ether oxygens (including phenoxy) is 1. The quantitative estimate of drug-likeness (QED) is 0.701. The van der Waals surface area contributed by atoms with E-state index in [0.29, 0.717) is 0 Å². The number of rotatable bonds is 7. The third-order valence-corrected chi connectivity index (χ3v) is 2.80. The van der Waals surface area contributed by atoms with Crippen LogP contribution in [0.2, 0.25) is 0 Å². The van der Waals surface area contributed by atoms with Gasteiger partial charge in [0.1, 0.15) is 0 Å². The number of nitrogens with zero attached hydrogens (tertiary/aromatic N) is 1. The van der Waals surface area contributed by atoms with E-state index in [4.69, 9.17) is 4.74 Å². The zero-order valence-electron chi connectivity index (χ0n) is 10.7. The summed E-state index contributed by atoms with van der Waals surface area (Å²) in [7, 11) is 0. The van der Waals surface area contributed by atoms with E-state index in [0.717, 1.165) is 32.8 Å². The van der Waals surface area contributed by atoms with Crippen molar-refractivity contribution in [2.45, 2.75) is 33.9 Å². The van der Waals surface area contributed by atoms with E-state index in [-0.39, 0.29) is 0 Å². The average molecular weight is 221 g/mol. The summed E-state index contributed by atoms with van der Waals surface area (Å²) in [5.74, 6) is 0. The van der Waals surface area contributed by atoms with Gasteiger partial charge < -0.3 is 4.74 Å². The zero-order valence-corrected chi connectivity index (χ0v) is 10.7. The van der Waals surface area contributed by atoms with E-state index in [1.807, 2.05) is 6.92 Å². The van der Waals surface area contributed by atoms with Gasteiger partial charge in [0.05, 0.1) is 6.61 Å². The van der Waals surface area contributed by atoms with Crippen LogP contribution >= 0.6 is 0 Å². The second kappa shape index (κ2) is 7.42. The van der Waals surface area contributed by atoms with Crippen molar-refractivity contribution in [1.82, 2.24) is 4.90 Å². The molecule has 0 unspecified atom stereocenters. The smallest absolute Gasteiger partial charge is 0.0716 e. The molecule has 0 N–H and O–H groups in total. The van der Waals surface area contributed by atoms with Gasteiger partial charge in [0, 0.05) is 13.2 Å². The zero-order chi connectivity index (χ0) is 11.8. The van der Waals surface area contributed by atoms with E-state index in [1.165, 1.54) is 11.1 Å². The van der Waals surface area contributed by atoms with Crippen LogP contribution in [0.25, 0.3) is 0 Å². The largest absolute Gasteiger partial charge is 0.377 e. The van der Waals surface area contributed by atoms with Crippen molar-refractivity contribution < 1.29 is 4.74 Å². The van der Waals surface area contributed by atoms with E-state index in [2.05, 4.69) is 43.0 Å². The lowest BCUT2D eigenvalue weighted by atomic mass is 10.1. The molecule has 1 rings (SSSR count). The Balaban J connectivity index is 2.50. The summed E-state index contributed by atoms with van der Waals surface area (Å²) in [6, 6.07) is 8.72. The second-order valence-corrected chi connectivity index (χ2v) is 3.92. The van der Waals surface area contributed by atoms with Crippen molar-refractivity contribution in [3.8, 4) is 0 Å². The Morgan fingerprint density at radius 3 is 2.00 bits per heavy atom. The van der Waals surface area contributed by atoms with Gasteiger partial charge in [0.2, 0.25) is 0 Å². The number of benzene rings is 1.